The molecule has 0 saturated carbocycles. The number of benzene rings is 1. The zero-order chi connectivity index (χ0) is 17.0. The van der Waals surface area contributed by atoms with E-state index in [1.54, 1.807) is 0 Å². The topological polar surface area (TPSA) is 79.9 Å². The van der Waals surface area contributed by atoms with E-state index in [1.807, 2.05) is 6.07 Å². The molecule has 2 aromatic rings. The first-order chi connectivity index (χ1) is 11.5. The molecular formula is C18H24N4O2. The Bertz CT molecular complexity index is 670. The predicted molar refractivity (Wildman–Crippen MR) is 90.7 cm³/mol. The highest BCUT2D eigenvalue weighted by molar-refractivity contribution is 5.91. The van der Waals surface area contributed by atoms with Crippen LogP contribution in [-0.4, -0.2) is 40.1 Å². The Hall–Kier alpha value is -2.21. The van der Waals surface area contributed by atoms with Gasteiger partial charge in [-0.05, 0) is 38.7 Å². The van der Waals surface area contributed by atoms with Gasteiger partial charge in [-0.1, -0.05) is 30.3 Å². The maximum absolute atomic E-state index is 12.1. The molecular weight excluding hydrogens is 304 g/mol. The Balaban J connectivity index is 1.72. The highest BCUT2D eigenvalue weighted by Gasteiger charge is 2.41. The molecule has 1 fully saturated rings. The third-order valence-electron chi connectivity index (χ3n) is 4.76. The number of nitrogens with one attached hydrogen (secondary N) is 2. The van der Waals surface area contributed by atoms with Crippen LogP contribution in [-0.2, 0) is 10.2 Å². The largest absolute Gasteiger partial charge is 0.376 e. The molecule has 6 heteroatoms. The van der Waals surface area contributed by atoms with E-state index >= 15 is 0 Å². The first-order valence-electron chi connectivity index (χ1n) is 8.34. The molecule has 1 atom stereocenters. The Morgan fingerprint density at radius 3 is 2.79 bits per heavy atom. The maximum Gasteiger partial charge on any atom is 0.273 e. The van der Waals surface area contributed by atoms with E-state index in [2.05, 4.69) is 58.8 Å². The molecule has 0 unspecified atom stereocenters. The average Bonchev–Trinajstić information content (AvgIpc) is 3.09. The number of amides is 1. The third kappa shape index (κ3) is 3.64. The van der Waals surface area contributed by atoms with E-state index in [-0.39, 0.29) is 16.9 Å². The van der Waals surface area contributed by atoms with Crippen LogP contribution in [0.1, 0.15) is 49.2 Å². The first-order valence-corrected chi connectivity index (χ1v) is 8.34. The summed E-state index contributed by atoms with van der Waals surface area (Å²) in [4.78, 5) is 12.1. The van der Waals surface area contributed by atoms with Gasteiger partial charge >= 0.3 is 0 Å². The van der Waals surface area contributed by atoms with E-state index < -0.39 is 0 Å². The van der Waals surface area contributed by atoms with Gasteiger partial charge in [0.05, 0.1) is 11.8 Å². The molecule has 0 aliphatic carbocycles. The third-order valence-corrected chi connectivity index (χ3v) is 4.76. The fraction of sp³-hybridized carbons (Fsp3) is 0.500. The first kappa shape index (κ1) is 16.6. The minimum atomic E-state index is -0.196. The lowest BCUT2D eigenvalue weighted by molar-refractivity contribution is -0.0838. The lowest BCUT2D eigenvalue weighted by atomic mass is 9.67. The van der Waals surface area contributed by atoms with Crippen LogP contribution in [0.3, 0.4) is 0 Å². The summed E-state index contributed by atoms with van der Waals surface area (Å²) in [7, 11) is 0. The van der Waals surface area contributed by atoms with Gasteiger partial charge in [-0.3, -0.25) is 4.79 Å². The van der Waals surface area contributed by atoms with Crippen molar-refractivity contribution in [3.8, 4) is 0 Å². The molecule has 1 aliphatic rings. The molecule has 1 saturated heterocycles. The van der Waals surface area contributed by atoms with Gasteiger partial charge in [0.1, 0.15) is 0 Å². The Morgan fingerprint density at radius 1 is 1.33 bits per heavy atom. The number of hydrogen-bond acceptors (Lipinski definition) is 4. The summed E-state index contributed by atoms with van der Waals surface area (Å²) in [5, 5.41) is 12.9. The van der Waals surface area contributed by atoms with Crippen molar-refractivity contribution in [3.05, 3.63) is 47.8 Å². The van der Waals surface area contributed by atoms with E-state index in [0.29, 0.717) is 12.2 Å². The van der Waals surface area contributed by atoms with Crippen molar-refractivity contribution >= 4 is 5.91 Å². The normalized spacial score (nSPS) is 22.9. The molecule has 2 heterocycles. The number of aromatic nitrogens is 3. The second kappa shape index (κ2) is 6.73. The summed E-state index contributed by atoms with van der Waals surface area (Å²) >= 11 is 0. The molecule has 1 aromatic heterocycles. The van der Waals surface area contributed by atoms with E-state index in [0.717, 1.165) is 25.9 Å². The Morgan fingerprint density at radius 2 is 2.12 bits per heavy atom. The molecule has 2 N–H and O–H groups in total. The van der Waals surface area contributed by atoms with Gasteiger partial charge in [0.25, 0.3) is 5.91 Å². The minimum absolute atomic E-state index is 0.0140. The summed E-state index contributed by atoms with van der Waals surface area (Å²) in [6.07, 6.45) is 4.19. The van der Waals surface area contributed by atoms with Crippen molar-refractivity contribution in [1.82, 2.24) is 20.7 Å². The van der Waals surface area contributed by atoms with Gasteiger partial charge in [-0.25, -0.2) is 0 Å². The van der Waals surface area contributed by atoms with Crippen molar-refractivity contribution < 1.29 is 9.53 Å². The van der Waals surface area contributed by atoms with Gasteiger partial charge in [-0.2, -0.15) is 15.4 Å². The van der Waals surface area contributed by atoms with Crippen LogP contribution in [0.2, 0.25) is 0 Å². The number of hydrogen-bond donors (Lipinski definition) is 2. The van der Waals surface area contributed by atoms with Gasteiger partial charge in [0.15, 0.2) is 5.69 Å². The summed E-state index contributed by atoms with van der Waals surface area (Å²) in [5.41, 5.74) is 1.48. The number of ether oxygens (including phenoxy) is 1. The lowest BCUT2D eigenvalue weighted by Crippen LogP contribution is -2.45. The van der Waals surface area contributed by atoms with Crippen LogP contribution < -0.4 is 5.32 Å². The fourth-order valence-electron chi connectivity index (χ4n) is 3.69. The van der Waals surface area contributed by atoms with Crippen molar-refractivity contribution in [2.75, 3.05) is 13.2 Å². The van der Waals surface area contributed by atoms with Crippen LogP contribution in [0.4, 0.5) is 0 Å². The number of H-pyrrole nitrogens is 1. The van der Waals surface area contributed by atoms with Crippen molar-refractivity contribution in [2.24, 2.45) is 0 Å². The minimum Gasteiger partial charge on any atom is -0.376 e. The van der Waals surface area contributed by atoms with E-state index in [4.69, 9.17) is 4.74 Å². The lowest BCUT2D eigenvalue weighted by Gasteiger charge is -2.45. The SMILES string of the molecule is CC1(C)C[C@@](CCNC(=O)c2cn[nH]n2)(c2ccccc2)CCO1. The molecule has 0 bridgehead atoms. The smallest absolute Gasteiger partial charge is 0.273 e. The van der Waals surface area contributed by atoms with Gasteiger partial charge in [0, 0.05) is 18.6 Å². The second-order valence-electron chi connectivity index (χ2n) is 7.04. The monoisotopic (exact) mass is 328 g/mol. The summed E-state index contributed by atoms with van der Waals surface area (Å²) < 4.78 is 5.92. The van der Waals surface area contributed by atoms with E-state index in [9.17, 15) is 4.79 Å². The Labute approximate surface area is 142 Å². The van der Waals surface area contributed by atoms with Crippen LogP contribution in [0.25, 0.3) is 0 Å². The molecule has 1 aliphatic heterocycles. The van der Waals surface area contributed by atoms with Crippen molar-refractivity contribution in [3.63, 3.8) is 0 Å². The zero-order valence-corrected chi connectivity index (χ0v) is 14.2. The Kier molecular flexibility index (Phi) is 4.66. The molecule has 128 valence electrons. The number of rotatable bonds is 5. The zero-order valence-electron chi connectivity index (χ0n) is 14.2. The molecule has 24 heavy (non-hydrogen) atoms. The average molecular weight is 328 g/mol. The van der Waals surface area contributed by atoms with Crippen LogP contribution in [0.5, 0.6) is 0 Å². The van der Waals surface area contributed by atoms with Crippen molar-refractivity contribution in [2.45, 2.75) is 44.1 Å². The number of aromatic amines is 1. The predicted octanol–water partition coefficient (Wildman–Crippen LogP) is 2.45. The van der Waals surface area contributed by atoms with Gasteiger partial charge in [0.2, 0.25) is 0 Å². The standard InChI is InChI=1S/C18H24N4O2/c1-17(2)13-18(9-11-24-17,14-6-4-3-5-7-14)8-10-19-16(23)15-12-20-22-21-15/h3-7,12H,8-11,13H2,1-2H3,(H,19,23)(H,20,21,22)/t18-/m0/s1. The molecule has 0 radical (unpaired) electrons. The number of carbonyl (C=O) groups is 1. The van der Waals surface area contributed by atoms with Crippen LogP contribution >= 0.6 is 0 Å². The second-order valence-corrected chi connectivity index (χ2v) is 7.04. The highest BCUT2D eigenvalue weighted by atomic mass is 16.5. The van der Waals surface area contributed by atoms with Gasteiger partial charge in [-0.15, -0.1) is 0 Å². The summed E-state index contributed by atoms with van der Waals surface area (Å²) in [6, 6.07) is 10.6. The summed E-state index contributed by atoms with van der Waals surface area (Å²) in [5.74, 6) is -0.196. The van der Waals surface area contributed by atoms with Crippen LogP contribution in [0.15, 0.2) is 36.5 Å². The molecule has 0 spiro atoms. The summed E-state index contributed by atoms with van der Waals surface area (Å²) in [6.45, 7) is 5.60. The quantitative estimate of drug-likeness (QED) is 0.883. The van der Waals surface area contributed by atoms with Gasteiger partial charge < -0.3 is 10.1 Å². The van der Waals surface area contributed by atoms with E-state index in [1.165, 1.54) is 11.8 Å². The van der Waals surface area contributed by atoms with Crippen LogP contribution in [0, 0.1) is 0 Å². The highest BCUT2D eigenvalue weighted by Crippen LogP contribution is 2.43. The number of nitrogens with zero attached hydrogens (tertiary/aromatic N) is 2. The molecule has 3 rings (SSSR count). The number of carbonyl (C=O) groups excluding carboxylic acids is 1. The van der Waals surface area contributed by atoms with Crippen molar-refractivity contribution in [1.29, 1.82) is 0 Å². The maximum atomic E-state index is 12.1. The molecule has 1 amide bonds. The molecule has 6 nitrogen and oxygen atoms in total. The molecule has 1 aromatic carbocycles. The fourth-order valence-corrected chi connectivity index (χ4v) is 3.69.